The van der Waals surface area contributed by atoms with E-state index in [1.54, 1.807) is 12.1 Å². The SMILES string of the molecule is COc1cc(CCC(=O)OCC(=O)NC(c2ccccc2)C2CC2)cc(OC)c1OC. The van der Waals surface area contributed by atoms with Crippen LogP contribution in [0.5, 0.6) is 17.2 Å². The normalized spacial score (nSPS) is 13.8. The third-order valence-electron chi connectivity index (χ3n) is 5.28. The summed E-state index contributed by atoms with van der Waals surface area (Å²) in [4.78, 5) is 24.5. The molecule has 1 aliphatic carbocycles. The van der Waals surface area contributed by atoms with E-state index in [1.165, 1.54) is 21.3 Å². The van der Waals surface area contributed by atoms with Gasteiger partial charge in [0, 0.05) is 6.42 Å². The number of ether oxygens (including phenoxy) is 4. The molecule has 31 heavy (non-hydrogen) atoms. The monoisotopic (exact) mass is 427 g/mol. The van der Waals surface area contributed by atoms with Crippen LogP contribution < -0.4 is 19.5 Å². The second-order valence-corrected chi connectivity index (χ2v) is 7.49. The molecule has 0 aromatic heterocycles. The summed E-state index contributed by atoms with van der Waals surface area (Å²) < 4.78 is 21.1. The van der Waals surface area contributed by atoms with Crippen LogP contribution in [0.1, 0.15) is 36.4 Å². The molecule has 0 bridgehead atoms. The molecule has 1 aliphatic rings. The number of esters is 1. The van der Waals surface area contributed by atoms with E-state index in [1.807, 2.05) is 30.3 Å². The van der Waals surface area contributed by atoms with Crippen molar-refractivity contribution in [1.82, 2.24) is 5.32 Å². The fourth-order valence-electron chi connectivity index (χ4n) is 3.52. The Hall–Kier alpha value is -3.22. The van der Waals surface area contributed by atoms with Crippen molar-refractivity contribution in [3.63, 3.8) is 0 Å². The van der Waals surface area contributed by atoms with Crippen LogP contribution in [0.2, 0.25) is 0 Å². The van der Waals surface area contributed by atoms with E-state index in [0.29, 0.717) is 29.6 Å². The minimum atomic E-state index is -0.438. The van der Waals surface area contributed by atoms with Gasteiger partial charge in [-0.05, 0) is 48.4 Å². The zero-order valence-electron chi connectivity index (χ0n) is 18.2. The molecule has 1 saturated carbocycles. The van der Waals surface area contributed by atoms with Gasteiger partial charge in [-0.3, -0.25) is 9.59 Å². The van der Waals surface area contributed by atoms with Gasteiger partial charge in [0.25, 0.3) is 5.91 Å². The van der Waals surface area contributed by atoms with Gasteiger partial charge in [-0.1, -0.05) is 30.3 Å². The number of hydrogen-bond donors (Lipinski definition) is 1. The highest BCUT2D eigenvalue weighted by molar-refractivity contribution is 5.81. The summed E-state index contributed by atoms with van der Waals surface area (Å²) in [5, 5.41) is 3.00. The first-order valence-corrected chi connectivity index (χ1v) is 10.3. The summed E-state index contributed by atoms with van der Waals surface area (Å²) in [7, 11) is 4.62. The van der Waals surface area contributed by atoms with E-state index < -0.39 is 5.97 Å². The number of aryl methyl sites for hydroxylation is 1. The van der Waals surface area contributed by atoms with Gasteiger partial charge in [-0.2, -0.15) is 0 Å². The fourth-order valence-corrected chi connectivity index (χ4v) is 3.52. The number of nitrogens with one attached hydrogen (secondary N) is 1. The van der Waals surface area contributed by atoms with Crippen molar-refractivity contribution in [2.24, 2.45) is 5.92 Å². The average molecular weight is 427 g/mol. The zero-order valence-corrected chi connectivity index (χ0v) is 18.2. The molecule has 3 rings (SSSR count). The first kappa shape index (κ1) is 22.5. The molecule has 1 amide bonds. The van der Waals surface area contributed by atoms with E-state index in [4.69, 9.17) is 18.9 Å². The lowest BCUT2D eigenvalue weighted by atomic mass is 10.0. The Morgan fingerprint density at radius 1 is 1.00 bits per heavy atom. The van der Waals surface area contributed by atoms with Gasteiger partial charge in [-0.25, -0.2) is 0 Å². The van der Waals surface area contributed by atoms with Crippen LogP contribution in [0, 0.1) is 5.92 Å². The summed E-state index contributed by atoms with van der Waals surface area (Å²) in [6.45, 7) is -0.288. The number of carbonyl (C=O) groups excluding carboxylic acids is 2. The van der Waals surface area contributed by atoms with Crippen molar-refractivity contribution in [2.45, 2.75) is 31.7 Å². The van der Waals surface area contributed by atoms with E-state index in [0.717, 1.165) is 24.0 Å². The highest BCUT2D eigenvalue weighted by Gasteiger charge is 2.33. The van der Waals surface area contributed by atoms with Crippen molar-refractivity contribution in [2.75, 3.05) is 27.9 Å². The predicted molar refractivity (Wildman–Crippen MR) is 115 cm³/mol. The molecule has 1 unspecified atom stereocenters. The van der Waals surface area contributed by atoms with E-state index in [9.17, 15) is 9.59 Å². The second-order valence-electron chi connectivity index (χ2n) is 7.49. The first-order valence-electron chi connectivity index (χ1n) is 10.3. The van der Waals surface area contributed by atoms with Crippen LogP contribution in [0.15, 0.2) is 42.5 Å². The Labute approximate surface area is 182 Å². The smallest absolute Gasteiger partial charge is 0.306 e. The predicted octanol–water partition coefficient (Wildman–Crippen LogP) is 3.46. The third-order valence-corrected chi connectivity index (χ3v) is 5.28. The van der Waals surface area contributed by atoms with Gasteiger partial charge in [0.1, 0.15) is 0 Å². The van der Waals surface area contributed by atoms with E-state index in [2.05, 4.69) is 5.32 Å². The van der Waals surface area contributed by atoms with E-state index in [-0.39, 0.29) is 25.0 Å². The van der Waals surface area contributed by atoms with Crippen LogP contribution in [-0.2, 0) is 20.7 Å². The van der Waals surface area contributed by atoms with Crippen molar-refractivity contribution in [3.8, 4) is 17.2 Å². The minimum absolute atomic E-state index is 0.0355. The summed E-state index contributed by atoms with van der Waals surface area (Å²) in [6.07, 6.45) is 2.74. The Balaban J connectivity index is 1.49. The maximum atomic E-state index is 12.3. The van der Waals surface area contributed by atoms with Crippen molar-refractivity contribution < 1.29 is 28.5 Å². The maximum absolute atomic E-state index is 12.3. The Morgan fingerprint density at radius 2 is 1.65 bits per heavy atom. The highest BCUT2D eigenvalue weighted by Crippen LogP contribution is 2.41. The molecule has 166 valence electrons. The molecule has 1 fully saturated rings. The molecular formula is C24H29NO6. The molecule has 1 atom stereocenters. The van der Waals surface area contributed by atoms with Gasteiger partial charge in [-0.15, -0.1) is 0 Å². The Bertz CT molecular complexity index is 869. The minimum Gasteiger partial charge on any atom is -0.493 e. The molecular weight excluding hydrogens is 398 g/mol. The molecule has 2 aromatic carbocycles. The highest BCUT2D eigenvalue weighted by atomic mass is 16.5. The van der Waals surface area contributed by atoms with Gasteiger partial charge in [0.05, 0.1) is 27.4 Å². The summed E-state index contributed by atoms with van der Waals surface area (Å²) in [5.41, 5.74) is 1.92. The number of methoxy groups -OCH3 is 3. The topological polar surface area (TPSA) is 83.1 Å². The number of rotatable bonds is 11. The number of hydrogen-bond acceptors (Lipinski definition) is 6. The lowest BCUT2D eigenvalue weighted by molar-refractivity contribution is -0.148. The molecule has 0 aliphatic heterocycles. The molecule has 0 radical (unpaired) electrons. The molecule has 7 nitrogen and oxygen atoms in total. The quantitative estimate of drug-likeness (QED) is 0.553. The van der Waals surface area contributed by atoms with Crippen molar-refractivity contribution in [1.29, 1.82) is 0 Å². The largest absolute Gasteiger partial charge is 0.493 e. The van der Waals surface area contributed by atoms with Crippen molar-refractivity contribution >= 4 is 11.9 Å². The third kappa shape index (κ3) is 6.13. The molecule has 0 heterocycles. The molecule has 0 saturated heterocycles. The molecule has 2 aromatic rings. The number of benzene rings is 2. The van der Waals surface area contributed by atoms with Crippen LogP contribution in [0.25, 0.3) is 0 Å². The van der Waals surface area contributed by atoms with Crippen LogP contribution in [0.4, 0.5) is 0 Å². The summed E-state index contributed by atoms with van der Waals surface area (Å²) in [5.74, 6) is 1.26. The summed E-state index contributed by atoms with van der Waals surface area (Å²) >= 11 is 0. The standard InChI is InChI=1S/C24H29NO6/c1-28-19-13-16(14-20(29-2)24(19)30-3)9-12-22(27)31-15-21(26)25-23(18-10-11-18)17-7-5-4-6-8-17/h4-8,13-14,18,23H,9-12,15H2,1-3H3,(H,25,26). The van der Waals surface area contributed by atoms with Crippen LogP contribution in [-0.4, -0.2) is 39.8 Å². The van der Waals surface area contributed by atoms with Gasteiger partial charge >= 0.3 is 5.97 Å². The van der Waals surface area contributed by atoms with Gasteiger partial charge in [0.15, 0.2) is 18.1 Å². The Kier molecular flexibility index (Phi) is 7.76. The van der Waals surface area contributed by atoms with Crippen molar-refractivity contribution in [3.05, 3.63) is 53.6 Å². The van der Waals surface area contributed by atoms with Crippen LogP contribution >= 0.6 is 0 Å². The molecule has 7 heteroatoms. The lowest BCUT2D eigenvalue weighted by Crippen LogP contribution is -2.33. The first-order chi connectivity index (χ1) is 15.0. The molecule has 1 N–H and O–H groups in total. The van der Waals surface area contributed by atoms with E-state index >= 15 is 0 Å². The van der Waals surface area contributed by atoms with Gasteiger partial charge in [0.2, 0.25) is 5.75 Å². The lowest BCUT2D eigenvalue weighted by Gasteiger charge is -2.18. The fraction of sp³-hybridized carbons (Fsp3) is 0.417. The number of carbonyl (C=O) groups is 2. The Morgan fingerprint density at radius 3 is 2.19 bits per heavy atom. The molecule has 0 spiro atoms. The number of amides is 1. The van der Waals surface area contributed by atoms with Gasteiger partial charge < -0.3 is 24.3 Å². The maximum Gasteiger partial charge on any atom is 0.306 e. The van der Waals surface area contributed by atoms with Crippen LogP contribution in [0.3, 0.4) is 0 Å². The average Bonchev–Trinajstić information content (AvgIpc) is 3.64. The summed E-state index contributed by atoms with van der Waals surface area (Å²) in [6, 6.07) is 13.4. The second kappa shape index (κ2) is 10.7. The zero-order chi connectivity index (χ0) is 22.2.